The second-order valence-electron chi connectivity index (χ2n) is 12.9. The van der Waals surface area contributed by atoms with E-state index in [1.807, 2.05) is 76.2 Å². The zero-order chi connectivity index (χ0) is 36.5. The smallest absolute Gasteiger partial charge is 0.336 e. The zero-order valence-electron chi connectivity index (χ0n) is 29.8. The van der Waals surface area contributed by atoms with Crippen molar-refractivity contribution in [2.45, 2.75) is 46.1 Å². The first kappa shape index (κ1) is 38.1. The number of ketones is 2. The van der Waals surface area contributed by atoms with Crippen LogP contribution in [0, 0.1) is 0 Å². The topological polar surface area (TPSA) is 123 Å². The largest absolute Gasteiger partial charge is 0.491 e. The number of nitrogens with zero attached hydrogens (tertiary/aromatic N) is 4. The van der Waals surface area contributed by atoms with E-state index in [4.69, 9.17) is 25.9 Å². The molecule has 0 bridgehead atoms. The Bertz CT molecular complexity index is 1880. The third kappa shape index (κ3) is 8.68. The van der Waals surface area contributed by atoms with Gasteiger partial charge in [-0.2, -0.15) is 0 Å². The summed E-state index contributed by atoms with van der Waals surface area (Å²) in [7, 11) is 0. The van der Waals surface area contributed by atoms with E-state index in [1.165, 1.54) is 0 Å². The van der Waals surface area contributed by atoms with Gasteiger partial charge in [0.25, 0.3) is 0 Å². The number of ether oxygens (including phenoxy) is 2. The molecule has 5 rings (SSSR count). The molecule has 4 aromatic rings. The zero-order valence-corrected chi connectivity index (χ0v) is 30.6. The lowest BCUT2D eigenvalue weighted by atomic mass is 9.90. The van der Waals surface area contributed by atoms with Crippen molar-refractivity contribution in [3.8, 4) is 11.4 Å². The molecule has 0 amide bonds. The lowest BCUT2D eigenvalue weighted by molar-refractivity contribution is -0.143. The van der Waals surface area contributed by atoms with Crippen LogP contribution in [0.25, 0.3) is 27.5 Å². The molecule has 1 fully saturated rings. The number of halogens is 1. The molecule has 0 atom stereocenters. The van der Waals surface area contributed by atoms with Crippen LogP contribution in [-0.4, -0.2) is 113 Å². The highest BCUT2D eigenvalue weighted by atomic mass is 35.5. The number of carbonyl (C=O) groups is 3. The molecule has 0 aliphatic carbocycles. The summed E-state index contributed by atoms with van der Waals surface area (Å²) < 4.78 is 13.4. The lowest BCUT2D eigenvalue weighted by Gasteiger charge is -2.39. The second-order valence-corrected chi connectivity index (χ2v) is 13.3. The maximum Gasteiger partial charge on any atom is 0.336 e. The van der Waals surface area contributed by atoms with Crippen LogP contribution in [0.1, 0.15) is 61.3 Å². The molecule has 3 aromatic carbocycles. The molecule has 0 spiro atoms. The summed E-state index contributed by atoms with van der Waals surface area (Å²) in [5, 5.41) is 15.1. The van der Waals surface area contributed by atoms with Crippen LogP contribution in [0.4, 0.5) is 0 Å². The van der Waals surface area contributed by atoms with Gasteiger partial charge >= 0.3 is 5.97 Å². The molecule has 51 heavy (non-hydrogen) atoms. The van der Waals surface area contributed by atoms with E-state index >= 15 is 0 Å². The van der Waals surface area contributed by atoms with Crippen LogP contribution in [0.15, 0.2) is 65.8 Å². The highest BCUT2D eigenvalue weighted by Crippen LogP contribution is 2.36. The molecule has 0 saturated carbocycles. The van der Waals surface area contributed by atoms with Crippen LogP contribution in [0.5, 0.6) is 5.75 Å². The van der Waals surface area contributed by atoms with Gasteiger partial charge < -0.3 is 28.9 Å². The van der Waals surface area contributed by atoms with Crippen molar-refractivity contribution in [2.75, 3.05) is 65.0 Å². The van der Waals surface area contributed by atoms with Crippen molar-refractivity contribution in [3.63, 3.8) is 0 Å². The number of carbonyl (C=O) groups excluding carboxylic acids is 3. The molecular weight excluding hydrogens is 672 g/mol. The average Bonchev–Trinajstić information content (AvgIpc) is 3.48. The fraction of sp³-hybridized carbons (Fsp3) is 0.436. The summed E-state index contributed by atoms with van der Waals surface area (Å²) in [6.07, 6.45) is 0.305. The lowest BCUT2D eigenvalue weighted by Crippen LogP contribution is -2.54. The average molecular weight is 719 g/mol. The predicted octanol–water partition coefficient (Wildman–Crippen LogP) is 5.89. The number of alkyl halides is 1. The van der Waals surface area contributed by atoms with Crippen LogP contribution in [0.2, 0.25) is 0 Å². The summed E-state index contributed by atoms with van der Waals surface area (Å²) in [5.41, 5.74) is 3.00. The van der Waals surface area contributed by atoms with Gasteiger partial charge in [-0.3, -0.25) is 14.5 Å². The molecule has 1 aromatic heterocycles. The number of hydrogen-bond donors (Lipinski definition) is 1. The number of aliphatic hydroxyl groups excluding tert-OH is 1. The van der Waals surface area contributed by atoms with Crippen molar-refractivity contribution in [1.29, 1.82) is 0 Å². The third-order valence-electron chi connectivity index (χ3n) is 9.48. The number of fused-ring (bicyclic) bond motifs is 3. The SMILES string of the molecule is CCN(CC)CC/C(=N\OC(=O)CCCl)C(=O)c1ccc(-n2c3ccc(OCCO)cc3c3cc(C(=O)C(C)(C)N4CCOCC4)ccc32)cc1. The summed E-state index contributed by atoms with van der Waals surface area (Å²) in [5.74, 6) is -0.201. The Kier molecular flexibility index (Phi) is 13.0. The molecule has 2 heterocycles. The van der Waals surface area contributed by atoms with Gasteiger partial charge in [-0.25, -0.2) is 4.79 Å². The Morgan fingerprint density at radius 2 is 1.57 bits per heavy atom. The van der Waals surface area contributed by atoms with E-state index in [1.54, 1.807) is 12.1 Å². The maximum absolute atomic E-state index is 14.0. The number of oxime groups is 1. The van der Waals surface area contributed by atoms with Crippen LogP contribution < -0.4 is 4.74 Å². The van der Waals surface area contributed by atoms with E-state index in [-0.39, 0.29) is 42.8 Å². The minimum atomic E-state index is -0.719. The Morgan fingerprint density at radius 1 is 0.922 bits per heavy atom. The minimum Gasteiger partial charge on any atom is -0.491 e. The Morgan fingerprint density at radius 3 is 2.22 bits per heavy atom. The molecule has 1 saturated heterocycles. The molecule has 1 aliphatic heterocycles. The van der Waals surface area contributed by atoms with Gasteiger partial charge in [0.05, 0.1) is 42.8 Å². The number of rotatable bonds is 17. The van der Waals surface area contributed by atoms with Crippen molar-refractivity contribution in [2.24, 2.45) is 5.16 Å². The standard InChI is InChI=1S/C39H47ClN4O7/c1-5-42(6-2)18-16-33(41-51-36(46)15-17-40)37(47)27-7-10-29(11-8-27)44-34-13-9-28(38(48)39(3,4)43-19-22-49-23-20-43)25-31(34)32-26-30(50-24-21-45)12-14-35(32)44/h7-14,25-26,45H,5-6,15-24H2,1-4H3/b41-33+. The van der Waals surface area contributed by atoms with Crippen LogP contribution >= 0.6 is 11.6 Å². The van der Waals surface area contributed by atoms with Gasteiger partial charge in [0.15, 0.2) is 5.78 Å². The predicted molar refractivity (Wildman–Crippen MR) is 200 cm³/mol. The fourth-order valence-corrected chi connectivity index (χ4v) is 6.61. The van der Waals surface area contributed by atoms with Crippen molar-refractivity contribution < 1.29 is 33.8 Å². The van der Waals surface area contributed by atoms with Crippen molar-refractivity contribution >= 4 is 56.7 Å². The first-order chi connectivity index (χ1) is 24.6. The maximum atomic E-state index is 14.0. The molecule has 11 nitrogen and oxygen atoms in total. The number of hydrogen-bond acceptors (Lipinski definition) is 10. The molecule has 0 radical (unpaired) electrons. The molecule has 272 valence electrons. The fourth-order valence-electron chi connectivity index (χ4n) is 6.46. The second kappa shape index (κ2) is 17.4. The van der Waals surface area contributed by atoms with Gasteiger partial charge in [-0.05, 0) is 87.6 Å². The normalized spacial score (nSPS) is 14.4. The first-order valence-electron chi connectivity index (χ1n) is 17.5. The molecular formula is C39H47ClN4O7. The van der Waals surface area contributed by atoms with Gasteiger partial charge in [-0.1, -0.05) is 19.0 Å². The quantitative estimate of drug-likeness (QED) is 0.0468. The van der Waals surface area contributed by atoms with E-state index in [0.717, 1.165) is 40.6 Å². The highest BCUT2D eigenvalue weighted by molar-refractivity contribution is 6.46. The number of aromatic nitrogens is 1. The number of aliphatic hydroxyl groups is 1. The first-order valence-corrected chi connectivity index (χ1v) is 18.1. The monoisotopic (exact) mass is 718 g/mol. The Balaban J connectivity index is 1.52. The number of morpholine rings is 1. The van der Waals surface area contributed by atoms with Gasteiger partial charge in [0.2, 0.25) is 5.78 Å². The Labute approximate surface area is 303 Å². The van der Waals surface area contributed by atoms with Gasteiger partial charge in [0, 0.05) is 59.5 Å². The third-order valence-corrected chi connectivity index (χ3v) is 9.67. The highest BCUT2D eigenvalue weighted by Gasteiger charge is 2.36. The van der Waals surface area contributed by atoms with E-state index in [9.17, 15) is 19.5 Å². The van der Waals surface area contributed by atoms with Crippen molar-refractivity contribution in [3.05, 3.63) is 71.8 Å². The van der Waals surface area contributed by atoms with E-state index < -0.39 is 11.5 Å². The summed E-state index contributed by atoms with van der Waals surface area (Å²) in [4.78, 5) is 49.1. The molecule has 1 N–H and O–H groups in total. The van der Waals surface area contributed by atoms with Gasteiger partial charge in [-0.15, -0.1) is 11.6 Å². The Hall–Kier alpha value is -4.13. The summed E-state index contributed by atoms with van der Waals surface area (Å²) in [6, 6.07) is 18.7. The van der Waals surface area contributed by atoms with Gasteiger partial charge in [0.1, 0.15) is 18.1 Å². The number of Topliss-reactive ketones (excluding diaryl/α,β-unsaturated/α-hetero) is 2. The number of benzene rings is 3. The van der Waals surface area contributed by atoms with E-state index in [2.05, 4.69) is 19.5 Å². The van der Waals surface area contributed by atoms with Crippen LogP contribution in [-0.2, 0) is 14.4 Å². The summed E-state index contributed by atoms with van der Waals surface area (Å²) >= 11 is 5.68. The minimum absolute atomic E-state index is 0.00755. The van der Waals surface area contributed by atoms with Crippen molar-refractivity contribution in [1.82, 2.24) is 14.4 Å². The van der Waals surface area contributed by atoms with E-state index in [0.29, 0.717) is 56.1 Å². The molecule has 12 heteroatoms. The molecule has 0 unspecified atom stereocenters. The van der Waals surface area contributed by atoms with Crippen LogP contribution in [0.3, 0.4) is 0 Å². The summed E-state index contributed by atoms with van der Waals surface area (Å²) in [6.45, 7) is 12.8. The molecule has 1 aliphatic rings.